The van der Waals surface area contributed by atoms with Crippen molar-refractivity contribution in [3.8, 4) is 11.1 Å². The molecule has 1 amide bonds. The zero-order valence-electron chi connectivity index (χ0n) is 12.9. The summed E-state index contributed by atoms with van der Waals surface area (Å²) in [6.45, 7) is 2.54. The number of rotatable bonds is 4. The highest BCUT2D eigenvalue weighted by Gasteiger charge is 2.15. The lowest BCUT2D eigenvalue weighted by molar-refractivity contribution is -0.113. The summed E-state index contributed by atoms with van der Waals surface area (Å²) in [6, 6.07) is 16.5. The molecule has 1 saturated heterocycles. The predicted molar refractivity (Wildman–Crippen MR) is 91.7 cm³/mol. The van der Waals surface area contributed by atoms with E-state index in [1.165, 1.54) is 11.6 Å². The first-order chi connectivity index (χ1) is 11.2. The fraction of sp³-hybridized carbons (Fsp3) is 0.211. The minimum absolute atomic E-state index is 0.138. The lowest BCUT2D eigenvalue weighted by Crippen LogP contribution is -2.33. The van der Waals surface area contributed by atoms with E-state index in [0.29, 0.717) is 0 Å². The maximum atomic E-state index is 10.7. The van der Waals surface area contributed by atoms with Crippen LogP contribution < -0.4 is 11.1 Å². The smallest absolute Gasteiger partial charge is 0.241 e. The van der Waals surface area contributed by atoms with Gasteiger partial charge >= 0.3 is 0 Å². The molecule has 3 N–H and O–H groups in total. The van der Waals surface area contributed by atoms with Crippen molar-refractivity contribution in [2.45, 2.75) is 6.10 Å². The Bertz CT molecular complexity index is 684. The Balaban J connectivity index is 1.72. The quantitative estimate of drug-likeness (QED) is 0.853. The summed E-state index contributed by atoms with van der Waals surface area (Å²) in [5.74, 6) is -0.441. The Kier molecular flexibility index (Phi) is 4.86. The second-order valence-corrected chi connectivity index (χ2v) is 5.54. The van der Waals surface area contributed by atoms with E-state index >= 15 is 0 Å². The molecule has 0 bridgehead atoms. The van der Waals surface area contributed by atoms with Crippen LogP contribution in [0.1, 0.15) is 17.2 Å². The molecule has 2 aromatic rings. The molecule has 0 spiro atoms. The van der Waals surface area contributed by atoms with E-state index in [2.05, 4.69) is 29.6 Å². The van der Waals surface area contributed by atoms with E-state index in [0.717, 1.165) is 36.4 Å². The van der Waals surface area contributed by atoms with Crippen LogP contribution in [-0.2, 0) is 9.53 Å². The Morgan fingerprint density at radius 2 is 1.74 bits per heavy atom. The summed E-state index contributed by atoms with van der Waals surface area (Å²) in [7, 11) is 0. The number of hydrogen-bond donors (Lipinski definition) is 2. The molecule has 1 heterocycles. The van der Waals surface area contributed by atoms with Gasteiger partial charge in [0.05, 0.1) is 12.7 Å². The number of amides is 1. The van der Waals surface area contributed by atoms with Crippen LogP contribution in [0.15, 0.2) is 54.6 Å². The van der Waals surface area contributed by atoms with Crippen LogP contribution in [0.25, 0.3) is 17.2 Å². The molecule has 0 saturated carbocycles. The van der Waals surface area contributed by atoms with Crippen molar-refractivity contribution < 1.29 is 9.53 Å². The van der Waals surface area contributed by atoms with Crippen LogP contribution in [-0.4, -0.2) is 25.6 Å². The first-order valence-electron chi connectivity index (χ1n) is 7.72. The summed E-state index contributed by atoms with van der Waals surface area (Å²) < 4.78 is 5.76. The van der Waals surface area contributed by atoms with Gasteiger partial charge in [-0.05, 0) is 28.3 Å². The Morgan fingerprint density at radius 1 is 1.09 bits per heavy atom. The lowest BCUT2D eigenvalue weighted by atomic mass is 10.0. The molecule has 1 aliphatic rings. The molecule has 0 radical (unpaired) electrons. The molecule has 3 rings (SSSR count). The van der Waals surface area contributed by atoms with E-state index in [1.54, 1.807) is 6.08 Å². The molecular formula is C19H20N2O2. The highest BCUT2D eigenvalue weighted by molar-refractivity contribution is 5.90. The summed E-state index contributed by atoms with van der Waals surface area (Å²) in [5, 5.41) is 3.34. The van der Waals surface area contributed by atoms with Gasteiger partial charge in [0.15, 0.2) is 0 Å². The Labute approximate surface area is 136 Å². The minimum atomic E-state index is -0.441. The molecule has 4 heteroatoms. The Hall–Kier alpha value is -2.43. The SMILES string of the molecule is NC(=O)C=Cc1ccc(-c2ccc(C3CNCCO3)cc2)cc1. The Morgan fingerprint density at radius 3 is 2.30 bits per heavy atom. The molecule has 1 fully saturated rings. The molecule has 23 heavy (non-hydrogen) atoms. The second kappa shape index (κ2) is 7.22. The zero-order chi connectivity index (χ0) is 16.1. The summed E-state index contributed by atoms with van der Waals surface area (Å²) in [6.07, 6.45) is 3.21. The molecule has 118 valence electrons. The van der Waals surface area contributed by atoms with Gasteiger partial charge in [-0.3, -0.25) is 4.79 Å². The number of benzene rings is 2. The van der Waals surface area contributed by atoms with E-state index in [9.17, 15) is 4.79 Å². The van der Waals surface area contributed by atoms with Crippen LogP contribution in [0, 0.1) is 0 Å². The number of morpholine rings is 1. The molecule has 0 aliphatic carbocycles. The van der Waals surface area contributed by atoms with Crippen LogP contribution in [0.5, 0.6) is 0 Å². The van der Waals surface area contributed by atoms with Crippen LogP contribution in [0.2, 0.25) is 0 Å². The lowest BCUT2D eigenvalue weighted by Gasteiger charge is -2.24. The average Bonchev–Trinajstić information content (AvgIpc) is 2.61. The largest absolute Gasteiger partial charge is 0.371 e. The maximum absolute atomic E-state index is 10.7. The monoisotopic (exact) mass is 308 g/mol. The van der Waals surface area contributed by atoms with Gasteiger partial charge in [0, 0.05) is 19.2 Å². The predicted octanol–water partition coefficient (Wildman–Crippen LogP) is 2.51. The van der Waals surface area contributed by atoms with Crippen LogP contribution >= 0.6 is 0 Å². The number of primary amides is 1. The molecule has 1 aliphatic heterocycles. The molecule has 1 atom stereocenters. The van der Waals surface area contributed by atoms with Crippen molar-refractivity contribution >= 4 is 12.0 Å². The van der Waals surface area contributed by atoms with Gasteiger partial charge in [-0.1, -0.05) is 48.5 Å². The summed E-state index contributed by atoms with van der Waals surface area (Å²) >= 11 is 0. The van der Waals surface area contributed by atoms with Crippen LogP contribution in [0.3, 0.4) is 0 Å². The number of hydrogen-bond acceptors (Lipinski definition) is 3. The zero-order valence-corrected chi connectivity index (χ0v) is 12.9. The van der Waals surface area contributed by atoms with Crippen molar-refractivity contribution in [3.63, 3.8) is 0 Å². The van der Waals surface area contributed by atoms with Gasteiger partial charge in [0.2, 0.25) is 5.91 Å². The van der Waals surface area contributed by atoms with E-state index < -0.39 is 5.91 Å². The van der Waals surface area contributed by atoms with Crippen LogP contribution in [0.4, 0.5) is 0 Å². The molecule has 0 aromatic heterocycles. The van der Waals surface area contributed by atoms with E-state index in [4.69, 9.17) is 10.5 Å². The van der Waals surface area contributed by atoms with Crippen molar-refractivity contribution in [3.05, 3.63) is 65.7 Å². The van der Waals surface area contributed by atoms with Gasteiger partial charge < -0.3 is 15.8 Å². The summed E-state index contributed by atoms with van der Waals surface area (Å²) in [5.41, 5.74) is 9.53. The first-order valence-corrected chi connectivity index (χ1v) is 7.72. The fourth-order valence-electron chi connectivity index (χ4n) is 2.63. The fourth-order valence-corrected chi connectivity index (χ4v) is 2.63. The third kappa shape index (κ3) is 4.06. The highest BCUT2D eigenvalue weighted by Crippen LogP contribution is 2.24. The third-order valence-electron chi connectivity index (χ3n) is 3.89. The van der Waals surface area contributed by atoms with Gasteiger partial charge in [-0.25, -0.2) is 0 Å². The van der Waals surface area contributed by atoms with Crippen molar-refractivity contribution in [1.82, 2.24) is 5.32 Å². The molecule has 4 nitrogen and oxygen atoms in total. The first kappa shape index (κ1) is 15.5. The van der Waals surface area contributed by atoms with E-state index in [1.807, 2.05) is 24.3 Å². The van der Waals surface area contributed by atoms with Crippen molar-refractivity contribution in [2.24, 2.45) is 5.73 Å². The summed E-state index contributed by atoms with van der Waals surface area (Å²) in [4.78, 5) is 10.7. The second-order valence-electron chi connectivity index (χ2n) is 5.54. The van der Waals surface area contributed by atoms with Gasteiger partial charge in [0.25, 0.3) is 0 Å². The third-order valence-corrected chi connectivity index (χ3v) is 3.89. The van der Waals surface area contributed by atoms with Crippen molar-refractivity contribution in [2.75, 3.05) is 19.7 Å². The normalized spacial score (nSPS) is 18.2. The molecule has 2 aromatic carbocycles. The average molecular weight is 308 g/mol. The number of nitrogens with one attached hydrogen (secondary N) is 1. The molecule has 1 unspecified atom stereocenters. The number of carbonyl (C=O) groups excluding carboxylic acids is 1. The topological polar surface area (TPSA) is 64.4 Å². The number of ether oxygens (including phenoxy) is 1. The van der Waals surface area contributed by atoms with Gasteiger partial charge in [-0.15, -0.1) is 0 Å². The minimum Gasteiger partial charge on any atom is -0.371 e. The maximum Gasteiger partial charge on any atom is 0.241 e. The highest BCUT2D eigenvalue weighted by atomic mass is 16.5. The molecular weight excluding hydrogens is 288 g/mol. The van der Waals surface area contributed by atoms with Gasteiger partial charge in [-0.2, -0.15) is 0 Å². The van der Waals surface area contributed by atoms with Gasteiger partial charge in [0.1, 0.15) is 0 Å². The van der Waals surface area contributed by atoms with E-state index in [-0.39, 0.29) is 6.10 Å². The number of nitrogens with two attached hydrogens (primary N) is 1. The standard InChI is InChI=1S/C19H20N2O2/c20-19(22)10-3-14-1-4-15(5-2-14)16-6-8-17(9-7-16)18-13-21-11-12-23-18/h1-10,18,21H,11-13H2,(H2,20,22). The number of carbonyl (C=O) groups is 1. The van der Waals surface area contributed by atoms with Crippen molar-refractivity contribution in [1.29, 1.82) is 0 Å².